The molecular weight excluding hydrogens is 248 g/mol. The van der Waals surface area contributed by atoms with E-state index in [-0.39, 0.29) is 5.78 Å². The van der Waals surface area contributed by atoms with Crippen molar-refractivity contribution in [2.24, 2.45) is 0 Å². The summed E-state index contributed by atoms with van der Waals surface area (Å²) in [4.78, 5) is 11.7. The summed E-state index contributed by atoms with van der Waals surface area (Å²) in [7, 11) is 0. The third kappa shape index (κ3) is 2.00. The van der Waals surface area contributed by atoms with E-state index in [1.165, 1.54) is 0 Å². The molecule has 18 heavy (non-hydrogen) atoms. The van der Waals surface area contributed by atoms with Crippen LogP contribution in [0, 0.1) is 0 Å². The molecule has 0 aromatic heterocycles. The van der Waals surface area contributed by atoms with Gasteiger partial charge in [0, 0.05) is 11.4 Å². The molecule has 2 aromatic carbocycles. The van der Waals surface area contributed by atoms with E-state index in [0.717, 1.165) is 11.1 Å². The van der Waals surface area contributed by atoms with E-state index in [4.69, 9.17) is 16.3 Å². The summed E-state index contributed by atoms with van der Waals surface area (Å²) in [5, 5.41) is 0.711. The first-order valence-corrected chi connectivity index (χ1v) is 6.18. The minimum absolute atomic E-state index is 0.152. The Morgan fingerprint density at radius 1 is 1.00 bits per heavy atom. The minimum Gasteiger partial charge on any atom is -0.492 e. The van der Waals surface area contributed by atoms with Crippen LogP contribution >= 0.6 is 11.6 Å². The van der Waals surface area contributed by atoms with Crippen LogP contribution in [0.3, 0.4) is 0 Å². The molecule has 1 aliphatic heterocycles. The quantitative estimate of drug-likeness (QED) is 0.774. The number of carbonyl (C=O) groups excluding carboxylic acids is 1. The molecule has 2 nitrogen and oxygen atoms in total. The SMILES string of the molecule is O=C1CCOc2cc(-c3ccc(Cl)cc3)ccc21. The fourth-order valence-corrected chi connectivity index (χ4v) is 2.21. The van der Waals surface area contributed by atoms with E-state index >= 15 is 0 Å². The molecule has 3 heteroatoms. The Morgan fingerprint density at radius 2 is 1.72 bits per heavy atom. The molecule has 1 heterocycles. The standard InChI is InChI=1S/C15H11ClO2/c16-12-4-1-10(2-5-12)11-3-6-13-14(17)7-8-18-15(13)9-11/h1-6,9H,7-8H2. The molecule has 2 aromatic rings. The number of ketones is 1. The molecule has 0 aliphatic carbocycles. The normalized spacial score (nSPS) is 13.9. The Morgan fingerprint density at radius 3 is 2.50 bits per heavy atom. The number of carbonyl (C=O) groups is 1. The van der Waals surface area contributed by atoms with E-state index in [1.54, 1.807) is 0 Å². The number of hydrogen-bond donors (Lipinski definition) is 0. The van der Waals surface area contributed by atoms with Gasteiger partial charge in [-0.05, 0) is 35.4 Å². The van der Waals surface area contributed by atoms with Crippen molar-refractivity contribution in [2.45, 2.75) is 6.42 Å². The highest BCUT2D eigenvalue weighted by Crippen LogP contribution is 2.31. The molecule has 0 radical (unpaired) electrons. The highest BCUT2D eigenvalue weighted by atomic mass is 35.5. The molecule has 0 saturated carbocycles. The van der Waals surface area contributed by atoms with Gasteiger partial charge >= 0.3 is 0 Å². The summed E-state index contributed by atoms with van der Waals surface area (Å²) in [6, 6.07) is 13.3. The lowest BCUT2D eigenvalue weighted by atomic mass is 9.99. The van der Waals surface area contributed by atoms with Crippen LogP contribution < -0.4 is 4.74 Å². The second-order valence-corrected chi connectivity index (χ2v) is 4.68. The van der Waals surface area contributed by atoms with E-state index in [0.29, 0.717) is 29.4 Å². The van der Waals surface area contributed by atoms with Gasteiger partial charge in [-0.15, -0.1) is 0 Å². The van der Waals surface area contributed by atoms with Crippen LogP contribution in [-0.4, -0.2) is 12.4 Å². The van der Waals surface area contributed by atoms with Crippen molar-refractivity contribution in [1.82, 2.24) is 0 Å². The largest absolute Gasteiger partial charge is 0.492 e. The predicted octanol–water partition coefficient (Wildman–Crippen LogP) is 3.97. The second-order valence-electron chi connectivity index (χ2n) is 4.24. The summed E-state index contributed by atoms with van der Waals surface area (Å²) in [6.07, 6.45) is 0.466. The van der Waals surface area contributed by atoms with Crippen LogP contribution in [0.4, 0.5) is 0 Å². The van der Waals surface area contributed by atoms with Gasteiger partial charge in [0.15, 0.2) is 5.78 Å². The fraction of sp³-hybridized carbons (Fsp3) is 0.133. The number of fused-ring (bicyclic) bond motifs is 1. The van der Waals surface area contributed by atoms with Crippen LogP contribution in [0.2, 0.25) is 5.02 Å². The average Bonchev–Trinajstić information content (AvgIpc) is 2.39. The first kappa shape index (κ1) is 11.3. The van der Waals surface area contributed by atoms with Gasteiger partial charge in [-0.1, -0.05) is 29.8 Å². The molecule has 0 atom stereocenters. The zero-order valence-corrected chi connectivity index (χ0v) is 10.4. The van der Waals surface area contributed by atoms with Crippen molar-refractivity contribution in [3.05, 3.63) is 53.1 Å². The number of ether oxygens (including phenoxy) is 1. The monoisotopic (exact) mass is 258 g/mol. The molecule has 0 spiro atoms. The van der Waals surface area contributed by atoms with E-state index < -0.39 is 0 Å². The Bertz CT molecular complexity index is 602. The van der Waals surface area contributed by atoms with Gasteiger partial charge in [-0.2, -0.15) is 0 Å². The first-order valence-electron chi connectivity index (χ1n) is 5.80. The number of Topliss-reactive ketones (excluding diaryl/α,β-unsaturated/α-hetero) is 1. The molecule has 0 fully saturated rings. The highest BCUT2D eigenvalue weighted by molar-refractivity contribution is 6.30. The van der Waals surface area contributed by atoms with Gasteiger partial charge in [-0.3, -0.25) is 4.79 Å². The lowest BCUT2D eigenvalue weighted by Gasteiger charge is -2.17. The van der Waals surface area contributed by atoms with Gasteiger partial charge in [0.05, 0.1) is 12.2 Å². The Labute approximate surface area is 110 Å². The van der Waals surface area contributed by atoms with Crippen molar-refractivity contribution in [3.63, 3.8) is 0 Å². The summed E-state index contributed by atoms with van der Waals surface area (Å²) < 4.78 is 5.53. The summed E-state index contributed by atoms with van der Waals surface area (Å²) >= 11 is 5.86. The second kappa shape index (κ2) is 4.46. The van der Waals surface area contributed by atoms with Crippen molar-refractivity contribution in [2.75, 3.05) is 6.61 Å². The molecular formula is C15H11ClO2. The van der Waals surface area contributed by atoms with Gasteiger partial charge in [0.25, 0.3) is 0 Å². The molecule has 0 bridgehead atoms. The van der Waals surface area contributed by atoms with Crippen molar-refractivity contribution in [3.8, 4) is 16.9 Å². The zero-order chi connectivity index (χ0) is 12.5. The number of benzene rings is 2. The Hall–Kier alpha value is -1.80. The zero-order valence-electron chi connectivity index (χ0n) is 9.65. The molecule has 1 aliphatic rings. The molecule has 0 N–H and O–H groups in total. The summed E-state index contributed by atoms with van der Waals surface area (Å²) in [5.41, 5.74) is 2.77. The fourth-order valence-electron chi connectivity index (χ4n) is 2.08. The van der Waals surface area contributed by atoms with Gasteiger partial charge in [0.2, 0.25) is 0 Å². The minimum atomic E-state index is 0.152. The molecule has 0 unspecified atom stereocenters. The number of rotatable bonds is 1. The molecule has 90 valence electrons. The highest BCUT2D eigenvalue weighted by Gasteiger charge is 2.18. The van der Waals surface area contributed by atoms with Crippen LogP contribution in [0.25, 0.3) is 11.1 Å². The van der Waals surface area contributed by atoms with Crippen LogP contribution in [0.1, 0.15) is 16.8 Å². The third-order valence-electron chi connectivity index (χ3n) is 3.05. The van der Waals surface area contributed by atoms with Crippen molar-refractivity contribution < 1.29 is 9.53 Å². The maximum Gasteiger partial charge on any atom is 0.169 e. The van der Waals surface area contributed by atoms with Gasteiger partial charge < -0.3 is 4.74 Å². The summed E-state index contributed by atoms with van der Waals surface area (Å²) in [5.74, 6) is 0.831. The lowest BCUT2D eigenvalue weighted by molar-refractivity contribution is 0.0933. The van der Waals surface area contributed by atoms with E-state index in [9.17, 15) is 4.79 Å². The maximum absolute atomic E-state index is 11.7. The molecule has 0 amide bonds. The van der Waals surface area contributed by atoms with Crippen molar-refractivity contribution in [1.29, 1.82) is 0 Å². The first-order chi connectivity index (χ1) is 8.74. The van der Waals surface area contributed by atoms with Crippen LogP contribution in [-0.2, 0) is 0 Å². The van der Waals surface area contributed by atoms with E-state index in [1.807, 2.05) is 42.5 Å². The van der Waals surface area contributed by atoms with E-state index in [2.05, 4.69) is 0 Å². The molecule has 3 rings (SSSR count). The predicted molar refractivity (Wildman–Crippen MR) is 71.3 cm³/mol. The summed E-state index contributed by atoms with van der Waals surface area (Å²) in [6.45, 7) is 0.468. The number of hydrogen-bond acceptors (Lipinski definition) is 2. The van der Waals surface area contributed by atoms with Crippen LogP contribution in [0.5, 0.6) is 5.75 Å². The number of halogens is 1. The third-order valence-corrected chi connectivity index (χ3v) is 3.30. The Kier molecular flexibility index (Phi) is 2.80. The molecule has 0 saturated heterocycles. The van der Waals surface area contributed by atoms with Crippen LogP contribution in [0.15, 0.2) is 42.5 Å². The average molecular weight is 259 g/mol. The van der Waals surface area contributed by atoms with Gasteiger partial charge in [-0.25, -0.2) is 0 Å². The Balaban J connectivity index is 2.04. The maximum atomic E-state index is 11.7. The van der Waals surface area contributed by atoms with Gasteiger partial charge in [0.1, 0.15) is 5.75 Å². The topological polar surface area (TPSA) is 26.3 Å². The lowest BCUT2D eigenvalue weighted by Crippen LogP contribution is -2.15. The smallest absolute Gasteiger partial charge is 0.169 e. The van der Waals surface area contributed by atoms with Crippen molar-refractivity contribution >= 4 is 17.4 Å².